The van der Waals surface area contributed by atoms with E-state index in [1.807, 2.05) is 54.6 Å². The Labute approximate surface area is 133 Å². The second-order valence-electron chi connectivity index (χ2n) is 5.73. The van der Waals surface area contributed by atoms with E-state index in [0.717, 1.165) is 23.2 Å². The lowest BCUT2D eigenvalue weighted by Gasteiger charge is -2.23. The van der Waals surface area contributed by atoms with E-state index >= 15 is 0 Å². The number of ether oxygens (including phenoxy) is 1. The van der Waals surface area contributed by atoms with Crippen LogP contribution in [-0.2, 0) is 16.0 Å². The molecule has 1 N–H and O–H groups in total. The van der Waals surface area contributed by atoms with Crippen LogP contribution in [0.1, 0.15) is 17.2 Å². The number of nitrogens with zero attached hydrogens (tertiary/aromatic N) is 1. The molecule has 2 heterocycles. The van der Waals surface area contributed by atoms with Crippen molar-refractivity contribution in [2.75, 3.05) is 11.4 Å². The lowest BCUT2D eigenvalue weighted by Crippen LogP contribution is -2.46. The molecule has 2 atom stereocenters. The Morgan fingerprint density at radius 2 is 1.83 bits per heavy atom. The summed E-state index contributed by atoms with van der Waals surface area (Å²) in [5, 5.41) is 2.66. The second kappa shape index (κ2) is 5.43. The Bertz CT molecular complexity index is 760. The lowest BCUT2D eigenvalue weighted by atomic mass is 10.0. The number of nitrogens with one attached hydrogen (secondary N) is 1. The number of carbonyl (C=O) groups is 2. The van der Waals surface area contributed by atoms with Crippen LogP contribution >= 0.6 is 0 Å². The molecule has 5 heteroatoms. The van der Waals surface area contributed by atoms with E-state index in [9.17, 15) is 9.59 Å². The number of rotatable bonds is 2. The summed E-state index contributed by atoms with van der Waals surface area (Å²) < 4.78 is 5.33. The summed E-state index contributed by atoms with van der Waals surface area (Å²) in [6.07, 6.45) is -0.312. The van der Waals surface area contributed by atoms with Gasteiger partial charge in [0.2, 0.25) is 0 Å². The molecule has 23 heavy (non-hydrogen) atoms. The zero-order valence-electron chi connectivity index (χ0n) is 12.4. The number of carbonyl (C=O) groups excluding carboxylic acids is 2. The number of alkyl carbamates (subject to hydrolysis) is 1. The highest BCUT2D eigenvalue weighted by molar-refractivity contribution is 6.01. The Hall–Kier alpha value is -2.82. The average molecular weight is 308 g/mol. The topological polar surface area (TPSA) is 58.6 Å². The van der Waals surface area contributed by atoms with Gasteiger partial charge in [-0.25, -0.2) is 4.79 Å². The summed E-state index contributed by atoms with van der Waals surface area (Å²) in [7, 11) is 0. The maximum absolute atomic E-state index is 13.0. The van der Waals surface area contributed by atoms with Gasteiger partial charge in [-0.15, -0.1) is 0 Å². The van der Waals surface area contributed by atoms with Gasteiger partial charge in [0.25, 0.3) is 5.91 Å². The number of para-hydroxylation sites is 1. The molecule has 0 radical (unpaired) electrons. The van der Waals surface area contributed by atoms with Gasteiger partial charge in [-0.3, -0.25) is 4.79 Å². The Balaban J connectivity index is 1.64. The molecular weight excluding hydrogens is 292 g/mol. The van der Waals surface area contributed by atoms with Crippen LogP contribution in [0.3, 0.4) is 0 Å². The third-order valence-electron chi connectivity index (χ3n) is 4.36. The summed E-state index contributed by atoms with van der Waals surface area (Å²) in [5.74, 6) is -0.130. The van der Waals surface area contributed by atoms with E-state index in [2.05, 4.69) is 5.32 Å². The predicted octanol–water partition coefficient (Wildman–Crippen LogP) is 2.43. The van der Waals surface area contributed by atoms with Crippen molar-refractivity contribution in [3.8, 4) is 0 Å². The van der Waals surface area contributed by atoms with Crippen LogP contribution in [0.15, 0.2) is 54.6 Å². The highest BCUT2D eigenvalue weighted by Gasteiger charge is 2.43. The number of fused-ring (bicyclic) bond motifs is 1. The van der Waals surface area contributed by atoms with Crippen molar-refractivity contribution in [3.63, 3.8) is 0 Å². The first kappa shape index (κ1) is 13.8. The molecular formula is C18H16N2O3. The summed E-state index contributed by atoms with van der Waals surface area (Å²) >= 11 is 0. The molecule has 2 amide bonds. The molecule has 0 aliphatic carbocycles. The zero-order valence-corrected chi connectivity index (χ0v) is 12.4. The largest absolute Gasteiger partial charge is 0.439 e. The zero-order chi connectivity index (χ0) is 15.8. The van der Waals surface area contributed by atoms with Crippen molar-refractivity contribution in [3.05, 3.63) is 65.7 Å². The minimum atomic E-state index is -0.698. The average Bonchev–Trinajstić information content (AvgIpc) is 3.19. The minimum absolute atomic E-state index is 0.130. The van der Waals surface area contributed by atoms with Gasteiger partial charge < -0.3 is 15.0 Å². The van der Waals surface area contributed by atoms with Gasteiger partial charge in [0.05, 0.1) is 0 Å². The van der Waals surface area contributed by atoms with Crippen LogP contribution in [0.25, 0.3) is 0 Å². The molecule has 2 aliphatic heterocycles. The number of cyclic esters (lactones) is 1. The van der Waals surface area contributed by atoms with Crippen LogP contribution in [0.4, 0.5) is 10.5 Å². The second-order valence-corrected chi connectivity index (χ2v) is 5.73. The quantitative estimate of drug-likeness (QED) is 0.927. The molecule has 4 rings (SSSR count). The monoisotopic (exact) mass is 308 g/mol. The number of benzene rings is 2. The van der Waals surface area contributed by atoms with Crippen LogP contribution in [0, 0.1) is 0 Å². The number of hydrogen-bond donors (Lipinski definition) is 1. The van der Waals surface area contributed by atoms with E-state index in [1.54, 1.807) is 4.90 Å². The van der Waals surface area contributed by atoms with Crippen molar-refractivity contribution in [1.29, 1.82) is 0 Å². The standard InChI is InChI=1S/C18H16N2O3/c21-17(20-11-10-12-6-4-5-9-14(12)20)15-16(23-18(22)19-15)13-7-2-1-3-8-13/h1-9,15-16H,10-11H2,(H,19,22). The van der Waals surface area contributed by atoms with Crippen molar-refractivity contribution in [2.24, 2.45) is 0 Å². The van der Waals surface area contributed by atoms with Crippen LogP contribution in [0.5, 0.6) is 0 Å². The van der Waals surface area contributed by atoms with Gasteiger partial charge in [0, 0.05) is 12.2 Å². The summed E-state index contributed by atoms with van der Waals surface area (Å²) in [5.41, 5.74) is 2.89. The Kier molecular flexibility index (Phi) is 3.26. The van der Waals surface area contributed by atoms with E-state index in [1.165, 1.54) is 0 Å². The Morgan fingerprint density at radius 3 is 2.65 bits per heavy atom. The maximum Gasteiger partial charge on any atom is 0.408 e. The van der Waals surface area contributed by atoms with Gasteiger partial charge in [0.15, 0.2) is 12.1 Å². The van der Waals surface area contributed by atoms with Gasteiger partial charge in [0.1, 0.15) is 0 Å². The van der Waals surface area contributed by atoms with Crippen LogP contribution < -0.4 is 10.2 Å². The molecule has 0 aromatic heterocycles. The molecule has 0 bridgehead atoms. The van der Waals surface area contributed by atoms with Gasteiger partial charge >= 0.3 is 6.09 Å². The third kappa shape index (κ3) is 2.34. The van der Waals surface area contributed by atoms with E-state index in [-0.39, 0.29) is 5.91 Å². The first-order valence-electron chi connectivity index (χ1n) is 7.65. The van der Waals surface area contributed by atoms with Crippen molar-refractivity contribution in [1.82, 2.24) is 5.32 Å². The van der Waals surface area contributed by atoms with Gasteiger partial charge in [-0.2, -0.15) is 0 Å². The fraction of sp³-hybridized carbons (Fsp3) is 0.222. The molecule has 5 nitrogen and oxygen atoms in total. The molecule has 0 saturated carbocycles. The number of amides is 2. The SMILES string of the molecule is O=C1NC(C(=O)N2CCc3ccccc32)C(c2ccccc2)O1. The van der Waals surface area contributed by atoms with Gasteiger partial charge in [-0.05, 0) is 23.6 Å². The Morgan fingerprint density at radius 1 is 1.09 bits per heavy atom. The molecule has 2 aliphatic rings. The molecule has 1 fully saturated rings. The third-order valence-corrected chi connectivity index (χ3v) is 4.36. The van der Waals surface area contributed by atoms with E-state index in [4.69, 9.17) is 4.74 Å². The maximum atomic E-state index is 13.0. The highest BCUT2D eigenvalue weighted by Crippen LogP contribution is 2.32. The van der Waals surface area contributed by atoms with Crippen molar-refractivity contribution < 1.29 is 14.3 Å². The van der Waals surface area contributed by atoms with Crippen LogP contribution in [-0.4, -0.2) is 24.6 Å². The summed E-state index contributed by atoms with van der Waals surface area (Å²) in [6, 6.07) is 16.5. The molecule has 2 unspecified atom stereocenters. The number of hydrogen-bond acceptors (Lipinski definition) is 3. The summed E-state index contributed by atoms with van der Waals surface area (Å²) in [6.45, 7) is 0.631. The fourth-order valence-electron chi connectivity index (χ4n) is 3.25. The first-order chi connectivity index (χ1) is 11.2. The first-order valence-corrected chi connectivity index (χ1v) is 7.65. The fourth-order valence-corrected chi connectivity index (χ4v) is 3.25. The molecule has 0 spiro atoms. The van der Waals surface area contributed by atoms with E-state index in [0.29, 0.717) is 6.54 Å². The number of anilines is 1. The normalized spacial score (nSPS) is 22.4. The van der Waals surface area contributed by atoms with E-state index < -0.39 is 18.2 Å². The smallest absolute Gasteiger partial charge is 0.408 e. The molecule has 1 saturated heterocycles. The predicted molar refractivity (Wildman–Crippen MR) is 85.1 cm³/mol. The van der Waals surface area contributed by atoms with Crippen LogP contribution in [0.2, 0.25) is 0 Å². The van der Waals surface area contributed by atoms with Gasteiger partial charge in [-0.1, -0.05) is 48.5 Å². The van der Waals surface area contributed by atoms with Crippen molar-refractivity contribution >= 4 is 17.7 Å². The highest BCUT2D eigenvalue weighted by atomic mass is 16.6. The molecule has 2 aromatic carbocycles. The molecule has 116 valence electrons. The lowest BCUT2D eigenvalue weighted by molar-refractivity contribution is -0.121. The minimum Gasteiger partial charge on any atom is -0.439 e. The van der Waals surface area contributed by atoms with Crippen molar-refractivity contribution in [2.45, 2.75) is 18.6 Å². The molecule has 2 aromatic rings. The summed E-state index contributed by atoms with van der Waals surface area (Å²) in [4.78, 5) is 26.4.